The van der Waals surface area contributed by atoms with Crippen molar-refractivity contribution in [3.8, 4) is 0 Å². The van der Waals surface area contributed by atoms with Gasteiger partial charge in [0.2, 0.25) is 0 Å². The lowest BCUT2D eigenvalue weighted by Crippen LogP contribution is -2.36. The third-order valence-corrected chi connectivity index (χ3v) is 5.49. The second-order valence-electron chi connectivity index (χ2n) is 5.64. The van der Waals surface area contributed by atoms with Crippen molar-refractivity contribution in [3.63, 3.8) is 0 Å². The molecule has 6 heteroatoms. The molecule has 1 saturated heterocycles. The highest BCUT2D eigenvalue weighted by Crippen LogP contribution is 2.26. The minimum Gasteiger partial charge on any atom is -0.332 e. The lowest BCUT2D eigenvalue weighted by atomic mass is 9.96. The highest BCUT2D eigenvalue weighted by atomic mass is 35.5. The van der Waals surface area contributed by atoms with E-state index in [1.807, 2.05) is 36.0 Å². The zero-order valence-corrected chi connectivity index (χ0v) is 14.8. The smallest absolute Gasteiger partial charge is 0.179 e. The van der Waals surface area contributed by atoms with Gasteiger partial charge in [0, 0.05) is 23.0 Å². The van der Waals surface area contributed by atoms with E-state index in [4.69, 9.17) is 28.8 Å². The molecule has 118 valence electrons. The number of hydrogen-bond donors (Lipinski definition) is 1. The Kier molecular flexibility index (Phi) is 5.61. The predicted octanol–water partition coefficient (Wildman–Crippen LogP) is 4.77. The van der Waals surface area contributed by atoms with Gasteiger partial charge in [0.1, 0.15) is 0 Å². The maximum absolute atomic E-state index is 6.02. The highest BCUT2D eigenvalue weighted by Gasteiger charge is 2.25. The summed E-state index contributed by atoms with van der Waals surface area (Å²) in [4.78, 5) is 7.07. The fraction of sp³-hybridized carbons (Fsp3) is 0.500. The van der Waals surface area contributed by atoms with Gasteiger partial charge in [-0.2, -0.15) is 0 Å². The van der Waals surface area contributed by atoms with Crippen LogP contribution in [0, 0.1) is 0 Å². The Balaban J connectivity index is 1.66. The molecule has 0 amide bonds. The predicted molar refractivity (Wildman–Crippen MR) is 101 cm³/mol. The molecule has 1 N–H and O–H groups in total. The molecule has 0 radical (unpaired) electrons. The molecule has 0 atom stereocenters. The second kappa shape index (κ2) is 7.66. The van der Waals surface area contributed by atoms with Crippen molar-refractivity contribution >= 4 is 51.5 Å². The largest absolute Gasteiger partial charge is 0.332 e. The molecule has 1 aromatic rings. The number of amidine groups is 1. The van der Waals surface area contributed by atoms with Gasteiger partial charge >= 0.3 is 0 Å². The number of halogens is 1. The minimum atomic E-state index is 0.478. The molecule has 22 heavy (non-hydrogen) atoms. The van der Waals surface area contributed by atoms with Gasteiger partial charge in [-0.25, -0.2) is 0 Å². The van der Waals surface area contributed by atoms with Gasteiger partial charge in [0.05, 0.1) is 6.04 Å². The van der Waals surface area contributed by atoms with Crippen LogP contribution in [0.5, 0.6) is 0 Å². The van der Waals surface area contributed by atoms with Crippen LogP contribution in [0.4, 0.5) is 5.69 Å². The molecular formula is C16H20ClN3S2. The van der Waals surface area contributed by atoms with Crippen LogP contribution in [0.25, 0.3) is 0 Å². The minimum absolute atomic E-state index is 0.478. The van der Waals surface area contributed by atoms with Gasteiger partial charge < -0.3 is 5.32 Å². The molecule has 0 unspecified atom stereocenters. The summed E-state index contributed by atoms with van der Waals surface area (Å²) in [5.41, 5.74) is 0.923. The summed E-state index contributed by atoms with van der Waals surface area (Å²) in [7, 11) is 0. The van der Waals surface area contributed by atoms with Gasteiger partial charge in [0.25, 0.3) is 0 Å². The molecule has 0 spiro atoms. The standard InChI is InChI=1S/C16H20ClN3S2/c17-12-5-4-8-14(11-12)18-15(21)20-9-10-22-16(20)19-13-6-2-1-3-7-13/h4-5,8,11,13H,1-3,6-7,9-10H2,(H,18,21)/b19-16+. The van der Waals surface area contributed by atoms with Crippen LogP contribution >= 0.6 is 35.6 Å². The molecule has 3 nitrogen and oxygen atoms in total. The quantitative estimate of drug-likeness (QED) is 0.775. The number of thioether (sulfide) groups is 1. The van der Waals surface area contributed by atoms with E-state index in [0.717, 1.165) is 23.2 Å². The average Bonchev–Trinajstić information content (AvgIpc) is 2.96. The van der Waals surface area contributed by atoms with Crippen LogP contribution in [-0.4, -0.2) is 33.5 Å². The van der Waals surface area contributed by atoms with Crippen molar-refractivity contribution in [2.75, 3.05) is 17.6 Å². The summed E-state index contributed by atoms with van der Waals surface area (Å²) < 4.78 is 0. The number of aliphatic imine (C=N–C) groups is 1. The first kappa shape index (κ1) is 16.1. The first-order valence-electron chi connectivity index (χ1n) is 7.77. The third-order valence-electron chi connectivity index (χ3n) is 3.97. The molecule has 1 aromatic carbocycles. The summed E-state index contributed by atoms with van der Waals surface area (Å²) in [5.74, 6) is 1.04. The Hall–Kier alpha value is -0.780. The Morgan fingerprint density at radius 2 is 2.14 bits per heavy atom. The lowest BCUT2D eigenvalue weighted by molar-refractivity contribution is 0.441. The summed E-state index contributed by atoms with van der Waals surface area (Å²) in [6.45, 7) is 0.919. The van der Waals surface area contributed by atoms with E-state index < -0.39 is 0 Å². The summed E-state index contributed by atoms with van der Waals surface area (Å²) >= 11 is 13.4. The van der Waals surface area contributed by atoms with Crippen LogP contribution in [0.15, 0.2) is 29.3 Å². The molecule has 2 aliphatic rings. The van der Waals surface area contributed by atoms with E-state index in [9.17, 15) is 0 Å². The van der Waals surface area contributed by atoms with Crippen LogP contribution in [0.1, 0.15) is 32.1 Å². The fourth-order valence-electron chi connectivity index (χ4n) is 2.82. The molecule has 0 aromatic heterocycles. The molecule has 1 saturated carbocycles. The third kappa shape index (κ3) is 4.15. The number of nitrogens with one attached hydrogen (secondary N) is 1. The van der Waals surface area contributed by atoms with Gasteiger partial charge in [-0.05, 0) is 43.3 Å². The van der Waals surface area contributed by atoms with Gasteiger partial charge in [-0.1, -0.05) is 48.7 Å². The van der Waals surface area contributed by atoms with Gasteiger partial charge in [-0.3, -0.25) is 9.89 Å². The molecule has 1 aliphatic heterocycles. The zero-order chi connectivity index (χ0) is 15.4. The Morgan fingerprint density at radius 1 is 1.32 bits per heavy atom. The molecule has 0 bridgehead atoms. The average molecular weight is 354 g/mol. The number of rotatable bonds is 2. The second-order valence-corrected chi connectivity index (χ2v) is 7.53. The van der Waals surface area contributed by atoms with Crippen molar-refractivity contribution in [1.82, 2.24) is 4.90 Å². The number of thiocarbonyl (C=S) groups is 1. The fourth-order valence-corrected chi connectivity index (χ4v) is 4.38. The number of anilines is 1. The molecule has 3 rings (SSSR count). The van der Waals surface area contributed by atoms with Crippen molar-refractivity contribution in [1.29, 1.82) is 0 Å². The van der Waals surface area contributed by atoms with Crippen molar-refractivity contribution in [2.45, 2.75) is 38.1 Å². The van der Waals surface area contributed by atoms with Crippen LogP contribution in [0.3, 0.4) is 0 Å². The Labute approximate surface area is 146 Å². The van der Waals surface area contributed by atoms with Crippen LogP contribution in [0.2, 0.25) is 5.02 Å². The van der Waals surface area contributed by atoms with E-state index in [0.29, 0.717) is 16.2 Å². The molecule has 2 fully saturated rings. The molecule has 1 heterocycles. The van der Waals surface area contributed by atoms with Crippen molar-refractivity contribution in [3.05, 3.63) is 29.3 Å². The number of benzene rings is 1. The Bertz CT molecular complexity index is 570. The van der Waals surface area contributed by atoms with Crippen molar-refractivity contribution < 1.29 is 0 Å². The van der Waals surface area contributed by atoms with E-state index in [1.54, 1.807) is 0 Å². The SMILES string of the molecule is S=C(Nc1cccc(Cl)c1)N1CCS/C1=N/C1CCCCC1. The molecular weight excluding hydrogens is 334 g/mol. The van der Waals surface area contributed by atoms with Crippen LogP contribution < -0.4 is 5.32 Å². The topological polar surface area (TPSA) is 27.6 Å². The maximum atomic E-state index is 6.02. The van der Waals surface area contributed by atoms with Gasteiger partial charge in [0.15, 0.2) is 10.3 Å². The normalized spacial score (nSPS) is 21.3. The maximum Gasteiger partial charge on any atom is 0.179 e. The summed E-state index contributed by atoms with van der Waals surface area (Å²) in [6, 6.07) is 8.11. The monoisotopic (exact) mass is 353 g/mol. The summed E-state index contributed by atoms with van der Waals surface area (Å²) in [5, 5.41) is 5.76. The Morgan fingerprint density at radius 3 is 2.91 bits per heavy atom. The first-order chi connectivity index (χ1) is 10.7. The van der Waals surface area contributed by atoms with Gasteiger partial charge in [-0.15, -0.1) is 0 Å². The van der Waals surface area contributed by atoms with Crippen molar-refractivity contribution in [2.24, 2.45) is 4.99 Å². The first-order valence-corrected chi connectivity index (χ1v) is 9.54. The zero-order valence-electron chi connectivity index (χ0n) is 12.4. The van der Waals surface area contributed by atoms with E-state index in [2.05, 4.69) is 10.2 Å². The van der Waals surface area contributed by atoms with E-state index in [-0.39, 0.29) is 0 Å². The van der Waals surface area contributed by atoms with E-state index in [1.165, 1.54) is 32.1 Å². The molecule has 1 aliphatic carbocycles. The van der Waals surface area contributed by atoms with Crippen LogP contribution in [-0.2, 0) is 0 Å². The summed E-state index contributed by atoms with van der Waals surface area (Å²) in [6.07, 6.45) is 6.39. The van der Waals surface area contributed by atoms with E-state index >= 15 is 0 Å². The lowest BCUT2D eigenvalue weighted by Gasteiger charge is -2.23. The number of nitrogens with zero attached hydrogens (tertiary/aromatic N) is 2. The highest BCUT2D eigenvalue weighted by molar-refractivity contribution is 8.14. The number of hydrogen-bond acceptors (Lipinski definition) is 3.